The molecule has 1 aliphatic heterocycles. The van der Waals surface area contributed by atoms with Crippen LogP contribution >= 0.6 is 0 Å². The molecule has 35 heavy (non-hydrogen) atoms. The molecule has 2 heterocycles. The van der Waals surface area contributed by atoms with E-state index in [1.54, 1.807) is 12.1 Å². The molecule has 0 spiro atoms. The maximum absolute atomic E-state index is 11.4. The molecule has 3 aromatic carbocycles. The van der Waals surface area contributed by atoms with E-state index in [0.29, 0.717) is 24.5 Å². The number of nitrogens with one attached hydrogen (secondary N) is 1. The lowest BCUT2D eigenvalue weighted by Gasteiger charge is -2.27. The molecule has 0 saturated carbocycles. The number of fused-ring (bicyclic) bond motifs is 2. The third-order valence-corrected chi connectivity index (χ3v) is 6.05. The molecule has 1 unspecified atom stereocenters. The normalized spacial score (nSPS) is 14.8. The van der Waals surface area contributed by atoms with Gasteiger partial charge < -0.3 is 23.9 Å². The molecule has 4 aromatic rings. The Morgan fingerprint density at radius 3 is 2.66 bits per heavy atom. The second-order valence-corrected chi connectivity index (χ2v) is 8.68. The summed E-state index contributed by atoms with van der Waals surface area (Å²) in [7, 11) is 0. The van der Waals surface area contributed by atoms with Gasteiger partial charge in [-0.2, -0.15) is 0 Å². The van der Waals surface area contributed by atoms with Crippen LogP contribution in [-0.2, 0) is 13.0 Å². The number of ether oxygens (including phenoxy) is 3. The van der Waals surface area contributed by atoms with Gasteiger partial charge in [-0.3, -0.25) is 0 Å². The topological polar surface area (TPSA) is 69.9 Å². The zero-order valence-electron chi connectivity index (χ0n) is 19.6. The van der Waals surface area contributed by atoms with Crippen molar-refractivity contribution in [1.82, 2.24) is 5.32 Å². The van der Waals surface area contributed by atoms with E-state index in [1.807, 2.05) is 42.5 Å². The van der Waals surface area contributed by atoms with Crippen LogP contribution in [0.1, 0.15) is 24.0 Å². The maximum Gasteiger partial charge on any atom is 0.336 e. The van der Waals surface area contributed by atoms with E-state index in [9.17, 15) is 4.79 Å². The van der Waals surface area contributed by atoms with Crippen molar-refractivity contribution < 1.29 is 18.6 Å². The van der Waals surface area contributed by atoms with Gasteiger partial charge in [0.05, 0.1) is 6.61 Å². The highest BCUT2D eigenvalue weighted by Crippen LogP contribution is 2.31. The van der Waals surface area contributed by atoms with E-state index < -0.39 is 0 Å². The number of rotatable bonds is 10. The van der Waals surface area contributed by atoms with Crippen LogP contribution in [-0.4, -0.2) is 25.8 Å². The van der Waals surface area contributed by atoms with Gasteiger partial charge in [-0.15, -0.1) is 0 Å². The Hall–Kier alpha value is -3.77. The molecule has 1 aromatic heterocycles. The van der Waals surface area contributed by atoms with Gasteiger partial charge >= 0.3 is 5.63 Å². The number of benzene rings is 3. The molecule has 1 aliphatic rings. The molecular weight excluding hydrogens is 442 g/mol. The van der Waals surface area contributed by atoms with Gasteiger partial charge in [-0.05, 0) is 61.2 Å². The van der Waals surface area contributed by atoms with Crippen molar-refractivity contribution in [2.75, 3.05) is 19.7 Å². The lowest BCUT2D eigenvalue weighted by Crippen LogP contribution is -2.35. The van der Waals surface area contributed by atoms with Gasteiger partial charge in [0, 0.05) is 30.1 Å². The van der Waals surface area contributed by atoms with Gasteiger partial charge in [0.1, 0.15) is 35.5 Å². The van der Waals surface area contributed by atoms with E-state index in [4.69, 9.17) is 18.6 Å². The fourth-order valence-corrected chi connectivity index (χ4v) is 4.16. The first-order chi connectivity index (χ1) is 17.2. The Bertz CT molecular complexity index is 1320. The first-order valence-electron chi connectivity index (χ1n) is 12.1. The smallest absolute Gasteiger partial charge is 0.336 e. The predicted molar refractivity (Wildman–Crippen MR) is 135 cm³/mol. The van der Waals surface area contributed by atoms with Crippen LogP contribution in [0.15, 0.2) is 88.1 Å². The number of hydrogen-bond acceptors (Lipinski definition) is 6. The lowest BCUT2D eigenvalue weighted by atomic mass is 10.0. The van der Waals surface area contributed by atoms with Gasteiger partial charge in [0.15, 0.2) is 0 Å². The second kappa shape index (κ2) is 11.1. The van der Waals surface area contributed by atoms with E-state index in [1.165, 1.54) is 11.6 Å². The van der Waals surface area contributed by atoms with Gasteiger partial charge in [0.2, 0.25) is 0 Å². The molecule has 0 fully saturated rings. The van der Waals surface area contributed by atoms with Crippen LogP contribution in [0.3, 0.4) is 0 Å². The van der Waals surface area contributed by atoms with Crippen LogP contribution in [0.2, 0.25) is 0 Å². The Labute approximate surface area is 204 Å². The molecular formula is C29H29NO5. The second-order valence-electron chi connectivity index (χ2n) is 8.68. The van der Waals surface area contributed by atoms with E-state index in [-0.39, 0.29) is 11.7 Å². The fraction of sp³-hybridized carbons (Fsp3) is 0.276. The van der Waals surface area contributed by atoms with E-state index in [2.05, 4.69) is 23.5 Å². The van der Waals surface area contributed by atoms with Crippen molar-refractivity contribution in [2.24, 2.45) is 0 Å². The van der Waals surface area contributed by atoms with Crippen molar-refractivity contribution in [2.45, 2.75) is 32.0 Å². The third-order valence-electron chi connectivity index (χ3n) is 6.05. The highest BCUT2D eigenvalue weighted by molar-refractivity contribution is 5.77. The van der Waals surface area contributed by atoms with Crippen LogP contribution in [0.5, 0.6) is 17.2 Å². The van der Waals surface area contributed by atoms with Crippen molar-refractivity contribution >= 4 is 11.0 Å². The van der Waals surface area contributed by atoms with Crippen LogP contribution in [0, 0.1) is 0 Å². The van der Waals surface area contributed by atoms with Gasteiger partial charge in [-0.1, -0.05) is 36.4 Å². The SMILES string of the molecule is O=c1ccc2ccc(OCCCNCC3CCc4ccc(OCc5ccccc5)cc4O3)cc2o1. The fourth-order valence-electron chi connectivity index (χ4n) is 4.16. The monoisotopic (exact) mass is 471 g/mol. The van der Waals surface area contributed by atoms with E-state index >= 15 is 0 Å². The molecule has 1 atom stereocenters. The summed E-state index contributed by atoms with van der Waals surface area (Å²) in [6.07, 6.45) is 2.98. The summed E-state index contributed by atoms with van der Waals surface area (Å²) in [6, 6.07) is 25.0. The van der Waals surface area contributed by atoms with Crippen molar-refractivity contribution in [3.8, 4) is 17.2 Å². The summed E-state index contributed by atoms with van der Waals surface area (Å²) in [5.41, 5.74) is 2.55. The average molecular weight is 472 g/mol. The highest BCUT2D eigenvalue weighted by Gasteiger charge is 2.20. The number of aryl methyl sites for hydroxylation is 1. The standard InChI is InChI=1S/C29H29NO5/c31-29-14-10-23-7-11-24(17-28(23)35-29)32-16-4-15-30-19-26-13-9-22-8-12-25(18-27(22)34-26)33-20-21-5-2-1-3-6-21/h1-3,5-8,10-12,14,17-18,26,30H,4,9,13,15-16,19-20H2. The molecule has 1 N–H and O–H groups in total. The molecule has 0 radical (unpaired) electrons. The number of hydrogen-bond donors (Lipinski definition) is 1. The quantitative estimate of drug-likeness (QED) is 0.256. The zero-order valence-corrected chi connectivity index (χ0v) is 19.6. The molecule has 5 rings (SSSR count). The highest BCUT2D eigenvalue weighted by atomic mass is 16.5. The van der Waals surface area contributed by atoms with Gasteiger partial charge in [-0.25, -0.2) is 4.79 Å². The van der Waals surface area contributed by atoms with Crippen molar-refractivity contribution in [3.05, 3.63) is 100 Å². The van der Waals surface area contributed by atoms with Crippen LogP contribution < -0.4 is 25.2 Å². The summed E-state index contributed by atoms with van der Waals surface area (Å²) in [5, 5.41) is 4.35. The van der Waals surface area contributed by atoms with Crippen LogP contribution in [0.4, 0.5) is 0 Å². The summed E-state index contributed by atoms with van der Waals surface area (Å²) in [5.74, 6) is 2.44. The minimum atomic E-state index is -0.359. The predicted octanol–water partition coefficient (Wildman–Crippen LogP) is 5.12. The Morgan fingerprint density at radius 1 is 0.914 bits per heavy atom. The molecule has 0 saturated heterocycles. The Balaban J connectivity index is 1.03. The Morgan fingerprint density at radius 2 is 1.74 bits per heavy atom. The summed E-state index contributed by atoms with van der Waals surface area (Å²) in [6.45, 7) is 2.73. The molecule has 0 bridgehead atoms. The average Bonchev–Trinajstić information content (AvgIpc) is 2.89. The van der Waals surface area contributed by atoms with Crippen molar-refractivity contribution in [3.63, 3.8) is 0 Å². The third kappa shape index (κ3) is 6.22. The summed E-state index contributed by atoms with van der Waals surface area (Å²) >= 11 is 0. The summed E-state index contributed by atoms with van der Waals surface area (Å²) in [4.78, 5) is 11.4. The molecule has 180 valence electrons. The van der Waals surface area contributed by atoms with E-state index in [0.717, 1.165) is 54.8 Å². The zero-order chi connectivity index (χ0) is 23.9. The Kier molecular flexibility index (Phi) is 7.29. The van der Waals surface area contributed by atoms with Crippen molar-refractivity contribution in [1.29, 1.82) is 0 Å². The molecule has 0 amide bonds. The molecule has 6 heteroatoms. The van der Waals surface area contributed by atoms with Gasteiger partial charge in [0.25, 0.3) is 0 Å². The largest absolute Gasteiger partial charge is 0.493 e. The maximum atomic E-state index is 11.4. The first kappa shape index (κ1) is 23.0. The molecule has 0 aliphatic carbocycles. The minimum absolute atomic E-state index is 0.135. The molecule has 6 nitrogen and oxygen atoms in total. The summed E-state index contributed by atoms with van der Waals surface area (Å²) < 4.78 is 23.2. The lowest BCUT2D eigenvalue weighted by molar-refractivity contribution is 0.168. The first-order valence-corrected chi connectivity index (χ1v) is 12.1. The van der Waals surface area contributed by atoms with Crippen LogP contribution in [0.25, 0.3) is 11.0 Å². The minimum Gasteiger partial charge on any atom is -0.493 e.